The van der Waals surface area contributed by atoms with Crippen molar-refractivity contribution in [2.24, 2.45) is 0 Å². The molecule has 0 aliphatic carbocycles. The minimum absolute atomic E-state index is 0.801. The maximum Gasteiger partial charge on any atom is 0.133 e. The lowest BCUT2D eigenvalue weighted by molar-refractivity contribution is 0.152. The number of pyridine rings is 1. The predicted octanol–water partition coefficient (Wildman–Crippen LogP) is 2.03. The number of nitrogens with zero attached hydrogens (tertiary/aromatic N) is 2. The zero-order valence-corrected chi connectivity index (χ0v) is 12.3. The Kier molecular flexibility index (Phi) is 5.16. The third kappa shape index (κ3) is 3.67. The summed E-state index contributed by atoms with van der Waals surface area (Å²) in [6, 6.07) is 2.17. The Bertz CT molecular complexity index is 412. The molecule has 2 heterocycles. The van der Waals surface area contributed by atoms with Gasteiger partial charge < -0.3 is 15.0 Å². The third-order valence-corrected chi connectivity index (χ3v) is 3.53. The van der Waals surface area contributed by atoms with Crippen molar-refractivity contribution < 1.29 is 4.74 Å². The van der Waals surface area contributed by atoms with E-state index < -0.39 is 0 Å². The van der Waals surface area contributed by atoms with Gasteiger partial charge in [-0.25, -0.2) is 4.98 Å². The van der Waals surface area contributed by atoms with Gasteiger partial charge >= 0.3 is 0 Å². The van der Waals surface area contributed by atoms with Gasteiger partial charge in [0.2, 0.25) is 0 Å². The molecular formula is C15H25N3O. The number of rotatable bonds is 4. The second kappa shape index (κ2) is 6.87. The third-order valence-electron chi connectivity index (χ3n) is 3.53. The van der Waals surface area contributed by atoms with E-state index in [2.05, 4.69) is 37.1 Å². The molecule has 4 nitrogen and oxygen atoms in total. The largest absolute Gasteiger partial charge is 0.380 e. The fourth-order valence-corrected chi connectivity index (χ4v) is 2.53. The molecule has 106 valence electrons. The maximum absolute atomic E-state index is 5.54. The van der Waals surface area contributed by atoms with Crippen LogP contribution in [0.2, 0.25) is 0 Å². The van der Waals surface area contributed by atoms with Crippen molar-refractivity contribution in [3.05, 3.63) is 22.9 Å². The molecule has 0 radical (unpaired) electrons. The second-order valence-corrected chi connectivity index (χ2v) is 5.12. The molecule has 2 rings (SSSR count). The van der Waals surface area contributed by atoms with Crippen molar-refractivity contribution in [2.75, 3.05) is 37.7 Å². The average Bonchev–Trinajstić information content (AvgIpc) is 2.65. The second-order valence-electron chi connectivity index (χ2n) is 5.12. The number of hydrogen-bond donors (Lipinski definition) is 1. The van der Waals surface area contributed by atoms with Crippen LogP contribution in [-0.2, 0) is 11.3 Å². The quantitative estimate of drug-likeness (QED) is 0.902. The maximum atomic E-state index is 5.54. The van der Waals surface area contributed by atoms with Gasteiger partial charge in [-0.15, -0.1) is 0 Å². The van der Waals surface area contributed by atoms with E-state index in [1.54, 1.807) is 0 Å². The SMILES string of the molecule is CCNCc1c(C)cc(C)nc1N1CCCOCC1. The van der Waals surface area contributed by atoms with E-state index in [0.717, 1.165) is 57.3 Å². The van der Waals surface area contributed by atoms with Gasteiger partial charge in [-0.3, -0.25) is 0 Å². The Morgan fingerprint density at radius 2 is 2.16 bits per heavy atom. The first-order chi connectivity index (χ1) is 9.22. The van der Waals surface area contributed by atoms with E-state index in [0.29, 0.717) is 0 Å². The number of aryl methyl sites for hydroxylation is 2. The van der Waals surface area contributed by atoms with Gasteiger partial charge in [0.05, 0.1) is 6.61 Å². The van der Waals surface area contributed by atoms with Crippen molar-refractivity contribution in [1.82, 2.24) is 10.3 Å². The minimum Gasteiger partial charge on any atom is -0.380 e. The Morgan fingerprint density at radius 3 is 2.95 bits per heavy atom. The summed E-state index contributed by atoms with van der Waals surface area (Å²) in [6.07, 6.45) is 1.08. The van der Waals surface area contributed by atoms with E-state index in [4.69, 9.17) is 9.72 Å². The average molecular weight is 263 g/mol. The summed E-state index contributed by atoms with van der Waals surface area (Å²) in [7, 11) is 0. The molecule has 19 heavy (non-hydrogen) atoms. The Balaban J connectivity index is 2.29. The van der Waals surface area contributed by atoms with Crippen molar-refractivity contribution in [1.29, 1.82) is 0 Å². The lowest BCUT2D eigenvalue weighted by Crippen LogP contribution is -2.29. The summed E-state index contributed by atoms with van der Waals surface area (Å²) in [5.41, 5.74) is 3.75. The molecular weight excluding hydrogens is 238 g/mol. The van der Waals surface area contributed by atoms with Crippen molar-refractivity contribution in [3.8, 4) is 0 Å². The van der Waals surface area contributed by atoms with Crippen molar-refractivity contribution >= 4 is 5.82 Å². The minimum atomic E-state index is 0.801. The highest BCUT2D eigenvalue weighted by Gasteiger charge is 2.17. The lowest BCUT2D eigenvalue weighted by atomic mass is 10.1. The van der Waals surface area contributed by atoms with Crippen LogP contribution >= 0.6 is 0 Å². The van der Waals surface area contributed by atoms with Crippen LogP contribution in [-0.4, -0.2) is 37.8 Å². The Labute approximate surface area is 116 Å². The summed E-state index contributed by atoms with van der Waals surface area (Å²) in [4.78, 5) is 7.16. The summed E-state index contributed by atoms with van der Waals surface area (Å²) in [5.74, 6) is 1.14. The van der Waals surface area contributed by atoms with E-state index in [1.807, 2.05) is 0 Å². The molecule has 1 aliphatic heterocycles. The summed E-state index contributed by atoms with van der Waals surface area (Å²) >= 11 is 0. The van der Waals surface area contributed by atoms with Crippen LogP contribution in [0.15, 0.2) is 6.07 Å². The highest BCUT2D eigenvalue weighted by Crippen LogP contribution is 2.23. The topological polar surface area (TPSA) is 37.4 Å². The monoisotopic (exact) mass is 263 g/mol. The van der Waals surface area contributed by atoms with Crippen LogP contribution in [0, 0.1) is 13.8 Å². The van der Waals surface area contributed by atoms with Crippen molar-refractivity contribution in [2.45, 2.75) is 33.7 Å². The van der Waals surface area contributed by atoms with Gasteiger partial charge in [-0.05, 0) is 38.4 Å². The molecule has 0 unspecified atom stereocenters. The number of anilines is 1. The first kappa shape index (κ1) is 14.3. The molecule has 0 amide bonds. The molecule has 4 heteroatoms. The number of aromatic nitrogens is 1. The standard InChI is InChI=1S/C15H25N3O/c1-4-16-11-14-12(2)10-13(3)17-15(14)18-6-5-8-19-9-7-18/h10,16H,4-9,11H2,1-3H3. The molecule has 0 atom stereocenters. The lowest BCUT2D eigenvalue weighted by Gasteiger charge is -2.25. The zero-order chi connectivity index (χ0) is 13.7. The molecule has 0 aromatic carbocycles. The van der Waals surface area contributed by atoms with Crippen LogP contribution in [0.1, 0.15) is 30.2 Å². The van der Waals surface area contributed by atoms with Gasteiger partial charge in [0, 0.05) is 37.5 Å². The van der Waals surface area contributed by atoms with Gasteiger partial charge in [0.25, 0.3) is 0 Å². The van der Waals surface area contributed by atoms with Gasteiger partial charge in [-0.1, -0.05) is 6.92 Å². The van der Waals surface area contributed by atoms with Gasteiger partial charge in [0.1, 0.15) is 5.82 Å². The molecule has 0 bridgehead atoms. The summed E-state index contributed by atoms with van der Waals surface area (Å²) in [5, 5.41) is 3.42. The Hall–Kier alpha value is -1.13. The van der Waals surface area contributed by atoms with Crippen LogP contribution in [0.4, 0.5) is 5.82 Å². The first-order valence-electron chi connectivity index (χ1n) is 7.23. The molecule has 1 aromatic heterocycles. The predicted molar refractivity (Wildman–Crippen MR) is 78.7 cm³/mol. The summed E-state index contributed by atoms with van der Waals surface area (Å²) in [6.45, 7) is 11.9. The van der Waals surface area contributed by atoms with Gasteiger partial charge in [0.15, 0.2) is 0 Å². The highest BCUT2D eigenvalue weighted by molar-refractivity contribution is 5.51. The van der Waals surface area contributed by atoms with E-state index >= 15 is 0 Å². The number of hydrogen-bond acceptors (Lipinski definition) is 4. The van der Waals surface area contributed by atoms with E-state index in [-0.39, 0.29) is 0 Å². The zero-order valence-electron chi connectivity index (χ0n) is 12.3. The van der Waals surface area contributed by atoms with Crippen molar-refractivity contribution in [3.63, 3.8) is 0 Å². The van der Waals surface area contributed by atoms with E-state index in [1.165, 1.54) is 11.1 Å². The van der Waals surface area contributed by atoms with Gasteiger partial charge in [-0.2, -0.15) is 0 Å². The normalized spacial score (nSPS) is 16.5. The molecule has 1 aliphatic rings. The van der Waals surface area contributed by atoms with E-state index in [9.17, 15) is 0 Å². The smallest absolute Gasteiger partial charge is 0.133 e. The molecule has 1 fully saturated rings. The van der Waals surface area contributed by atoms with Crippen LogP contribution in [0.3, 0.4) is 0 Å². The van der Waals surface area contributed by atoms with Crippen LogP contribution in [0.5, 0.6) is 0 Å². The highest BCUT2D eigenvalue weighted by atomic mass is 16.5. The first-order valence-corrected chi connectivity index (χ1v) is 7.23. The Morgan fingerprint density at radius 1 is 1.32 bits per heavy atom. The molecule has 0 spiro atoms. The summed E-state index contributed by atoms with van der Waals surface area (Å²) < 4.78 is 5.54. The fraction of sp³-hybridized carbons (Fsp3) is 0.667. The number of ether oxygens (including phenoxy) is 1. The molecule has 1 N–H and O–H groups in total. The fourth-order valence-electron chi connectivity index (χ4n) is 2.53. The van der Waals surface area contributed by atoms with Crippen LogP contribution in [0.25, 0.3) is 0 Å². The molecule has 1 saturated heterocycles. The molecule has 0 saturated carbocycles. The van der Waals surface area contributed by atoms with Crippen LogP contribution < -0.4 is 10.2 Å². The number of nitrogens with one attached hydrogen (secondary N) is 1. The molecule has 1 aromatic rings.